The molecule has 1 N–H and O–H groups in total. The predicted molar refractivity (Wildman–Crippen MR) is 89.7 cm³/mol. The molecule has 122 valence electrons. The van der Waals surface area contributed by atoms with Crippen molar-refractivity contribution in [3.05, 3.63) is 65.2 Å². The summed E-state index contributed by atoms with van der Waals surface area (Å²) in [6.07, 6.45) is 3.37. The fraction of sp³-hybridized carbons (Fsp3) is 0.105. The second-order valence-electron chi connectivity index (χ2n) is 5.16. The largest absolute Gasteiger partial charge is 0.508 e. The van der Waals surface area contributed by atoms with E-state index in [4.69, 9.17) is 14.2 Å². The van der Waals surface area contributed by atoms with Crippen LogP contribution in [0.5, 0.6) is 17.2 Å². The molecule has 2 aromatic rings. The Bertz CT molecular complexity index is 831. The minimum atomic E-state index is -0.434. The first kappa shape index (κ1) is 15.7. The molecular formula is C19H16O5. The van der Waals surface area contributed by atoms with Crippen molar-refractivity contribution in [3.8, 4) is 17.2 Å². The molecule has 5 heteroatoms. The van der Waals surface area contributed by atoms with Crippen LogP contribution >= 0.6 is 0 Å². The summed E-state index contributed by atoms with van der Waals surface area (Å²) < 4.78 is 15.9. The maximum atomic E-state index is 12.1. The van der Waals surface area contributed by atoms with E-state index in [1.807, 2.05) is 0 Å². The van der Waals surface area contributed by atoms with Gasteiger partial charge in [0.25, 0.3) is 0 Å². The van der Waals surface area contributed by atoms with E-state index in [1.54, 1.807) is 68.8 Å². The molecule has 0 bridgehead atoms. The van der Waals surface area contributed by atoms with Crippen molar-refractivity contribution >= 4 is 17.8 Å². The Hall–Kier alpha value is -3.21. The molecular weight excluding hydrogens is 308 g/mol. The molecule has 0 unspecified atom stereocenters. The highest BCUT2D eigenvalue weighted by molar-refractivity contribution is 6.05. The minimum Gasteiger partial charge on any atom is -0.508 e. The molecule has 0 amide bonds. The molecule has 0 saturated carbocycles. The highest BCUT2D eigenvalue weighted by Gasteiger charge is 2.24. The lowest BCUT2D eigenvalue weighted by Crippen LogP contribution is -1.98. The summed E-state index contributed by atoms with van der Waals surface area (Å²) in [5, 5.41) is 9.31. The Labute approximate surface area is 139 Å². The van der Waals surface area contributed by atoms with Crippen molar-refractivity contribution in [2.75, 3.05) is 14.2 Å². The zero-order valence-corrected chi connectivity index (χ0v) is 13.3. The van der Waals surface area contributed by atoms with E-state index in [0.717, 1.165) is 5.56 Å². The molecule has 24 heavy (non-hydrogen) atoms. The van der Waals surface area contributed by atoms with Crippen LogP contribution < -0.4 is 9.47 Å². The summed E-state index contributed by atoms with van der Waals surface area (Å²) in [5.41, 5.74) is 1.88. The van der Waals surface area contributed by atoms with Gasteiger partial charge in [-0.3, -0.25) is 0 Å². The molecule has 0 fully saturated rings. The van der Waals surface area contributed by atoms with Crippen molar-refractivity contribution in [2.24, 2.45) is 0 Å². The van der Waals surface area contributed by atoms with Crippen LogP contribution in [0.15, 0.2) is 54.1 Å². The van der Waals surface area contributed by atoms with E-state index in [2.05, 4.69) is 0 Å². The van der Waals surface area contributed by atoms with Crippen LogP contribution in [0, 0.1) is 0 Å². The van der Waals surface area contributed by atoms with Crippen LogP contribution in [-0.2, 0) is 9.53 Å². The summed E-state index contributed by atoms with van der Waals surface area (Å²) in [7, 11) is 3.12. The number of benzene rings is 2. The predicted octanol–water partition coefficient (Wildman–Crippen LogP) is 3.39. The number of cyclic esters (lactones) is 1. The molecule has 1 aliphatic heterocycles. The molecule has 0 saturated heterocycles. The first-order chi connectivity index (χ1) is 11.6. The van der Waals surface area contributed by atoms with Gasteiger partial charge in [0.05, 0.1) is 25.4 Å². The molecule has 1 aliphatic rings. The van der Waals surface area contributed by atoms with Crippen LogP contribution in [0.3, 0.4) is 0 Å². The number of esters is 1. The van der Waals surface area contributed by atoms with Gasteiger partial charge in [-0.2, -0.15) is 0 Å². The third kappa shape index (κ3) is 3.10. The average molecular weight is 324 g/mol. The van der Waals surface area contributed by atoms with Gasteiger partial charge in [-0.25, -0.2) is 4.79 Å². The number of carbonyl (C=O) groups excluding carboxylic acids is 1. The van der Waals surface area contributed by atoms with Gasteiger partial charge >= 0.3 is 5.97 Å². The molecule has 0 aromatic heterocycles. The van der Waals surface area contributed by atoms with Crippen molar-refractivity contribution in [1.29, 1.82) is 0 Å². The fourth-order valence-corrected chi connectivity index (χ4v) is 2.37. The number of phenolic OH excluding ortho intramolecular Hbond substituents is 1. The normalized spacial score (nSPS) is 15.2. The summed E-state index contributed by atoms with van der Waals surface area (Å²) >= 11 is 0. The molecule has 0 aliphatic carbocycles. The Morgan fingerprint density at radius 2 is 1.79 bits per heavy atom. The summed E-state index contributed by atoms with van der Waals surface area (Å²) in [5.74, 6) is 1.37. The quantitative estimate of drug-likeness (QED) is 0.690. The summed E-state index contributed by atoms with van der Waals surface area (Å²) in [6, 6.07) is 11.8. The molecule has 0 spiro atoms. The molecule has 0 radical (unpaired) electrons. The first-order valence-corrected chi connectivity index (χ1v) is 7.27. The first-order valence-electron chi connectivity index (χ1n) is 7.27. The van der Waals surface area contributed by atoms with Gasteiger partial charge in [-0.15, -0.1) is 0 Å². The molecule has 2 aromatic carbocycles. The van der Waals surface area contributed by atoms with Crippen molar-refractivity contribution in [3.63, 3.8) is 0 Å². The van der Waals surface area contributed by atoms with Gasteiger partial charge in [0, 0.05) is 6.07 Å². The minimum absolute atomic E-state index is 0.172. The number of carbonyl (C=O) groups is 1. The number of hydrogen-bond acceptors (Lipinski definition) is 5. The van der Waals surface area contributed by atoms with Crippen LogP contribution in [0.4, 0.5) is 0 Å². The third-order valence-corrected chi connectivity index (χ3v) is 3.61. The van der Waals surface area contributed by atoms with E-state index >= 15 is 0 Å². The monoisotopic (exact) mass is 324 g/mol. The number of methoxy groups -OCH3 is 2. The maximum Gasteiger partial charge on any atom is 0.343 e. The second kappa shape index (κ2) is 6.50. The molecule has 0 atom stereocenters. The smallest absolute Gasteiger partial charge is 0.343 e. The van der Waals surface area contributed by atoms with Gasteiger partial charge in [-0.1, -0.05) is 12.1 Å². The molecule has 3 rings (SSSR count). The molecule has 1 heterocycles. The maximum absolute atomic E-state index is 12.1. The van der Waals surface area contributed by atoms with Crippen molar-refractivity contribution in [1.82, 2.24) is 0 Å². The van der Waals surface area contributed by atoms with Crippen LogP contribution in [-0.4, -0.2) is 25.3 Å². The zero-order chi connectivity index (χ0) is 17.1. The highest BCUT2D eigenvalue weighted by atomic mass is 16.5. The van der Waals surface area contributed by atoms with Crippen LogP contribution in [0.25, 0.3) is 11.8 Å². The fourth-order valence-electron chi connectivity index (χ4n) is 2.37. The number of rotatable bonds is 4. The van der Waals surface area contributed by atoms with Gasteiger partial charge in [0.1, 0.15) is 23.0 Å². The van der Waals surface area contributed by atoms with Gasteiger partial charge < -0.3 is 19.3 Å². The topological polar surface area (TPSA) is 65.0 Å². The third-order valence-electron chi connectivity index (χ3n) is 3.61. The summed E-state index contributed by atoms with van der Waals surface area (Å²) in [6.45, 7) is 0. The van der Waals surface area contributed by atoms with Crippen LogP contribution in [0.2, 0.25) is 0 Å². The van der Waals surface area contributed by atoms with E-state index in [9.17, 15) is 9.90 Å². The van der Waals surface area contributed by atoms with Gasteiger partial charge in [0.15, 0.2) is 0 Å². The van der Waals surface area contributed by atoms with E-state index < -0.39 is 5.97 Å². The van der Waals surface area contributed by atoms with Gasteiger partial charge in [-0.05, 0) is 42.0 Å². The Kier molecular flexibility index (Phi) is 4.24. The Balaban J connectivity index is 1.96. The zero-order valence-electron chi connectivity index (χ0n) is 13.3. The van der Waals surface area contributed by atoms with Crippen molar-refractivity contribution in [2.45, 2.75) is 0 Å². The van der Waals surface area contributed by atoms with Crippen molar-refractivity contribution < 1.29 is 24.1 Å². The standard InChI is InChI=1S/C19H16O5/c1-22-15-7-8-16(17(11-15)23-2)18-10-13(19(21)24-18)9-12-3-5-14(20)6-4-12/h3-11,20H,1-2H3/b13-9-. The highest BCUT2D eigenvalue weighted by Crippen LogP contribution is 2.35. The van der Waals surface area contributed by atoms with E-state index in [-0.39, 0.29) is 5.75 Å². The number of phenols is 1. The Morgan fingerprint density at radius 1 is 1.04 bits per heavy atom. The lowest BCUT2D eigenvalue weighted by atomic mass is 10.1. The van der Waals surface area contributed by atoms with Gasteiger partial charge in [0.2, 0.25) is 0 Å². The number of hydrogen-bond donors (Lipinski definition) is 1. The average Bonchev–Trinajstić information content (AvgIpc) is 2.96. The van der Waals surface area contributed by atoms with Crippen LogP contribution in [0.1, 0.15) is 11.1 Å². The lowest BCUT2D eigenvalue weighted by Gasteiger charge is -2.10. The molecule has 5 nitrogen and oxygen atoms in total. The SMILES string of the molecule is COc1ccc(C2=C/C(=C/c3ccc(O)cc3)C(=O)O2)c(OC)c1. The summed E-state index contributed by atoms with van der Waals surface area (Å²) in [4.78, 5) is 12.1. The van der Waals surface area contributed by atoms with E-state index in [0.29, 0.717) is 28.4 Å². The second-order valence-corrected chi connectivity index (χ2v) is 5.16. The van der Waals surface area contributed by atoms with E-state index in [1.165, 1.54) is 0 Å². The lowest BCUT2D eigenvalue weighted by molar-refractivity contribution is -0.130. The number of aromatic hydroxyl groups is 1. The number of ether oxygens (including phenoxy) is 3. The Morgan fingerprint density at radius 3 is 2.46 bits per heavy atom.